The van der Waals surface area contributed by atoms with Crippen molar-refractivity contribution in [1.29, 1.82) is 0 Å². The molecule has 10 heteroatoms. The fourth-order valence-electron chi connectivity index (χ4n) is 3.13. The lowest BCUT2D eigenvalue weighted by Crippen LogP contribution is -2.35. The van der Waals surface area contributed by atoms with Crippen LogP contribution < -0.4 is 11.1 Å². The largest absolute Gasteiger partial charge is 0.392 e. The number of primary amides is 1. The lowest BCUT2D eigenvalue weighted by Gasteiger charge is -2.26. The van der Waals surface area contributed by atoms with Crippen molar-refractivity contribution in [2.24, 2.45) is 11.7 Å². The second-order valence-corrected chi connectivity index (χ2v) is 9.81. The Morgan fingerprint density at radius 2 is 1.82 bits per heavy atom. The molecule has 150 valence electrons. The number of halogens is 1. The summed E-state index contributed by atoms with van der Waals surface area (Å²) < 4.78 is 38.4. The molecule has 2 unspecified atom stereocenters. The van der Waals surface area contributed by atoms with Gasteiger partial charge in [0.15, 0.2) is 0 Å². The number of sulfone groups is 1. The van der Waals surface area contributed by atoms with E-state index in [1.165, 1.54) is 0 Å². The molecule has 2 aromatic rings. The number of benzene rings is 1. The van der Waals surface area contributed by atoms with Gasteiger partial charge < -0.3 is 16.2 Å². The molecular weight excluding hydrogens is 407 g/mol. The number of rotatable bonds is 5. The van der Waals surface area contributed by atoms with Crippen molar-refractivity contribution in [3.05, 3.63) is 41.7 Å². The number of aliphatic hydroxyl groups is 1. The number of thiophene rings is 1. The summed E-state index contributed by atoms with van der Waals surface area (Å²) in [6, 6.07) is 5.36. The van der Waals surface area contributed by atoms with Gasteiger partial charge in [0.1, 0.15) is 15.0 Å². The van der Waals surface area contributed by atoms with Gasteiger partial charge in [0, 0.05) is 0 Å². The molecule has 1 heterocycles. The molecule has 0 saturated heterocycles. The van der Waals surface area contributed by atoms with Crippen LogP contribution in [0.4, 0.5) is 9.39 Å². The lowest BCUT2D eigenvalue weighted by molar-refractivity contribution is -0.124. The molecule has 1 aliphatic rings. The number of nitrogens with one attached hydrogen (secondary N) is 1. The first-order valence-corrected chi connectivity index (χ1v) is 10.9. The summed E-state index contributed by atoms with van der Waals surface area (Å²) >= 11 is 0.691. The number of anilines is 1. The SMILES string of the molecule is NC(=O)c1cc(S(=O)(=O)c2ccc(F)cc2)sc1NC(=O)C1CCCCC1O. The normalized spacial score (nSPS) is 19.9. The first kappa shape index (κ1) is 20.4. The van der Waals surface area contributed by atoms with Gasteiger partial charge in [-0.1, -0.05) is 12.8 Å². The molecule has 0 aliphatic heterocycles. The highest BCUT2D eigenvalue weighted by atomic mass is 32.2. The average molecular weight is 426 g/mol. The summed E-state index contributed by atoms with van der Waals surface area (Å²) in [5.41, 5.74) is 5.20. The molecule has 4 N–H and O–H groups in total. The van der Waals surface area contributed by atoms with Crippen molar-refractivity contribution in [3.8, 4) is 0 Å². The predicted molar refractivity (Wildman–Crippen MR) is 101 cm³/mol. The zero-order valence-corrected chi connectivity index (χ0v) is 16.4. The third-order valence-corrected chi connectivity index (χ3v) is 7.96. The molecule has 0 radical (unpaired) electrons. The number of carbonyl (C=O) groups excluding carboxylic acids is 2. The Bertz CT molecular complexity index is 1000. The first-order chi connectivity index (χ1) is 13.2. The van der Waals surface area contributed by atoms with Crippen molar-refractivity contribution in [2.45, 2.75) is 40.9 Å². The summed E-state index contributed by atoms with van der Waals surface area (Å²) in [5, 5.41) is 12.6. The number of aliphatic hydroxyl groups excluding tert-OH is 1. The number of hydrogen-bond donors (Lipinski definition) is 3. The first-order valence-electron chi connectivity index (χ1n) is 8.63. The van der Waals surface area contributed by atoms with Gasteiger partial charge in [-0.2, -0.15) is 0 Å². The molecule has 2 atom stereocenters. The third-order valence-electron chi connectivity index (χ3n) is 4.67. The highest BCUT2D eigenvalue weighted by Gasteiger charge is 2.31. The van der Waals surface area contributed by atoms with Gasteiger partial charge >= 0.3 is 0 Å². The van der Waals surface area contributed by atoms with E-state index in [1.807, 2.05) is 0 Å². The van der Waals surface area contributed by atoms with E-state index < -0.39 is 39.5 Å². The summed E-state index contributed by atoms with van der Waals surface area (Å²) in [6.45, 7) is 0. The number of carbonyl (C=O) groups is 2. The second kappa shape index (κ2) is 7.98. The summed E-state index contributed by atoms with van der Waals surface area (Å²) in [4.78, 5) is 24.1. The van der Waals surface area contributed by atoms with Gasteiger partial charge in [0.05, 0.1) is 22.5 Å². The Kier molecular flexibility index (Phi) is 5.82. The molecular formula is C18H19FN2O5S2. The van der Waals surface area contributed by atoms with Crippen molar-refractivity contribution >= 4 is 38.0 Å². The van der Waals surface area contributed by atoms with Gasteiger partial charge in [-0.3, -0.25) is 9.59 Å². The molecule has 2 amide bonds. The average Bonchev–Trinajstić information content (AvgIpc) is 3.07. The minimum Gasteiger partial charge on any atom is -0.392 e. The standard InChI is InChI=1S/C18H19FN2O5S2/c19-10-5-7-11(8-6-10)28(25,26)15-9-13(16(20)23)18(27-15)21-17(24)12-3-1-2-4-14(12)22/h5-9,12,14,22H,1-4H2,(H2,20,23)(H,21,24). The molecule has 7 nitrogen and oxygen atoms in total. The predicted octanol–water partition coefficient (Wildman–Crippen LogP) is 2.31. The van der Waals surface area contributed by atoms with Crippen LogP contribution in [0.5, 0.6) is 0 Å². The summed E-state index contributed by atoms with van der Waals surface area (Å²) in [5.74, 6) is -2.59. The topological polar surface area (TPSA) is 127 Å². The molecule has 1 fully saturated rings. The van der Waals surface area contributed by atoms with Gasteiger partial charge in [0.2, 0.25) is 15.7 Å². The van der Waals surface area contributed by atoms with Crippen LogP contribution in [0.3, 0.4) is 0 Å². The Morgan fingerprint density at radius 1 is 1.18 bits per heavy atom. The van der Waals surface area contributed by atoms with E-state index in [0.29, 0.717) is 24.2 Å². The molecule has 1 saturated carbocycles. The monoisotopic (exact) mass is 426 g/mol. The Morgan fingerprint density at radius 3 is 2.43 bits per heavy atom. The zero-order valence-electron chi connectivity index (χ0n) is 14.7. The van der Waals surface area contributed by atoms with Gasteiger partial charge in [-0.25, -0.2) is 12.8 Å². The van der Waals surface area contributed by atoms with Gasteiger partial charge in [0.25, 0.3) is 5.91 Å². The number of hydrogen-bond acceptors (Lipinski definition) is 6. The van der Waals surface area contributed by atoms with Crippen LogP contribution in [0.25, 0.3) is 0 Å². The van der Waals surface area contributed by atoms with Gasteiger partial charge in [-0.15, -0.1) is 11.3 Å². The van der Waals surface area contributed by atoms with Crippen LogP contribution in [0.15, 0.2) is 39.4 Å². The smallest absolute Gasteiger partial charge is 0.251 e. The minimum absolute atomic E-state index is 0.0101. The molecule has 0 spiro atoms. The van der Waals surface area contributed by atoms with Crippen LogP contribution in [0.2, 0.25) is 0 Å². The van der Waals surface area contributed by atoms with Crippen LogP contribution in [-0.2, 0) is 14.6 Å². The highest BCUT2D eigenvalue weighted by molar-refractivity contribution is 7.93. The van der Waals surface area contributed by atoms with E-state index in [2.05, 4.69) is 5.32 Å². The van der Waals surface area contributed by atoms with E-state index in [0.717, 1.165) is 43.2 Å². The van der Waals surface area contributed by atoms with Crippen molar-refractivity contribution in [2.75, 3.05) is 5.32 Å². The molecule has 28 heavy (non-hydrogen) atoms. The summed E-state index contributed by atoms with van der Waals surface area (Å²) in [6.07, 6.45) is 1.86. The fraction of sp³-hybridized carbons (Fsp3) is 0.333. The molecule has 1 aliphatic carbocycles. The van der Waals surface area contributed by atoms with Crippen molar-refractivity contribution in [1.82, 2.24) is 0 Å². The van der Waals surface area contributed by atoms with Crippen LogP contribution in [0.1, 0.15) is 36.0 Å². The molecule has 1 aromatic carbocycles. The van der Waals surface area contributed by atoms with E-state index in [4.69, 9.17) is 5.73 Å². The molecule has 3 rings (SSSR count). The number of nitrogens with two attached hydrogens (primary N) is 1. The Balaban J connectivity index is 1.92. The molecule has 1 aromatic heterocycles. The van der Waals surface area contributed by atoms with Crippen molar-refractivity contribution < 1.29 is 27.5 Å². The number of amides is 2. The van der Waals surface area contributed by atoms with Crippen LogP contribution in [0, 0.1) is 11.7 Å². The van der Waals surface area contributed by atoms with E-state index in [-0.39, 0.29) is 19.7 Å². The molecule has 0 bridgehead atoms. The lowest BCUT2D eigenvalue weighted by atomic mass is 9.86. The van der Waals surface area contributed by atoms with Crippen LogP contribution >= 0.6 is 11.3 Å². The Labute approximate surface area is 165 Å². The summed E-state index contributed by atoms with van der Waals surface area (Å²) in [7, 11) is -4.02. The second-order valence-electron chi connectivity index (χ2n) is 6.58. The van der Waals surface area contributed by atoms with E-state index in [1.54, 1.807) is 0 Å². The van der Waals surface area contributed by atoms with Crippen LogP contribution in [-0.4, -0.2) is 31.4 Å². The maximum atomic E-state index is 13.1. The maximum absolute atomic E-state index is 13.1. The van der Waals surface area contributed by atoms with Gasteiger partial charge in [-0.05, 0) is 43.2 Å². The third kappa shape index (κ3) is 4.08. The minimum atomic E-state index is -4.02. The van der Waals surface area contributed by atoms with Crippen molar-refractivity contribution in [3.63, 3.8) is 0 Å². The quantitative estimate of drug-likeness (QED) is 0.633. The highest BCUT2D eigenvalue weighted by Crippen LogP contribution is 2.35. The van der Waals surface area contributed by atoms with E-state index in [9.17, 15) is 27.5 Å². The Hall–Kier alpha value is -2.30. The van der Waals surface area contributed by atoms with E-state index >= 15 is 0 Å². The fourth-order valence-corrected chi connectivity index (χ4v) is 5.90. The zero-order chi connectivity index (χ0) is 20.5. The maximum Gasteiger partial charge on any atom is 0.251 e.